The van der Waals surface area contributed by atoms with Gasteiger partial charge in [-0.05, 0) is 44.0 Å². The molecule has 140 valence electrons. The topological polar surface area (TPSA) is 89.7 Å². The fourth-order valence-corrected chi connectivity index (χ4v) is 3.34. The SMILES string of the molecule is C[C@H](OC(=O)c1ccc(Cl)c([N+](=O)[O-])c1)C(=O)N1c2ccccc2C[C@@H]1C. The third-order valence-electron chi connectivity index (χ3n) is 4.45. The number of nitrogens with zero attached hydrogens (tertiary/aromatic N) is 2. The van der Waals surface area contributed by atoms with Gasteiger partial charge in [0.25, 0.3) is 11.6 Å². The average Bonchev–Trinajstić information content (AvgIpc) is 2.96. The van der Waals surface area contributed by atoms with E-state index in [0.29, 0.717) is 0 Å². The monoisotopic (exact) mass is 388 g/mol. The van der Waals surface area contributed by atoms with Crippen molar-refractivity contribution in [3.63, 3.8) is 0 Å². The summed E-state index contributed by atoms with van der Waals surface area (Å²) < 4.78 is 5.25. The van der Waals surface area contributed by atoms with Crippen molar-refractivity contribution < 1.29 is 19.2 Å². The van der Waals surface area contributed by atoms with Gasteiger partial charge in [0.05, 0.1) is 10.5 Å². The van der Waals surface area contributed by atoms with Crippen molar-refractivity contribution in [1.29, 1.82) is 0 Å². The standard InChI is InChI=1S/C19H17ClN2O5/c1-11-9-13-5-3-4-6-16(13)21(11)18(23)12(2)27-19(24)14-7-8-15(20)17(10-14)22(25)26/h3-8,10-12H,9H2,1-2H3/t11-,12-/m0/s1. The third kappa shape index (κ3) is 3.64. The molecular weight excluding hydrogens is 372 g/mol. The molecule has 2 aromatic rings. The molecule has 0 spiro atoms. The number of hydrogen-bond donors (Lipinski definition) is 0. The normalized spacial score (nSPS) is 16.6. The Morgan fingerprint density at radius 1 is 1.30 bits per heavy atom. The first-order valence-electron chi connectivity index (χ1n) is 8.35. The quantitative estimate of drug-likeness (QED) is 0.451. The van der Waals surface area contributed by atoms with Crippen molar-refractivity contribution in [3.8, 4) is 0 Å². The van der Waals surface area contributed by atoms with Crippen molar-refractivity contribution in [2.45, 2.75) is 32.4 Å². The molecule has 0 unspecified atom stereocenters. The summed E-state index contributed by atoms with van der Waals surface area (Å²) in [6.45, 7) is 3.41. The predicted octanol–water partition coefficient (Wildman–Crippen LogP) is 3.77. The molecule has 0 aromatic heterocycles. The molecule has 0 saturated heterocycles. The van der Waals surface area contributed by atoms with Crippen LogP contribution in [-0.2, 0) is 16.0 Å². The molecule has 2 aromatic carbocycles. The summed E-state index contributed by atoms with van der Waals surface area (Å²) in [5, 5.41) is 10.9. The van der Waals surface area contributed by atoms with E-state index >= 15 is 0 Å². The molecule has 0 bridgehead atoms. The van der Waals surface area contributed by atoms with Crippen LogP contribution in [0.3, 0.4) is 0 Å². The van der Waals surface area contributed by atoms with Crippen LogP contribution in [0.1, 0.15) is 29.8 Å². The number of anilines is 1. The smallest absolute Gasteiger partial charge is 0.339 e. The number of benzene rings is 2. The van der Waals surface area contributed by atoms with Crippen LogP contribution in [-0.4, -0.2) is 28.9 Å². The number of carbonyl (C=O) groups excluding carboxylic acids is 2. The van der Waals surface area contributed by atoms with Gasteiger partial charge in [-0.1, -0.05) is 29.8 Å². The number of rotatable bonds is 4. The lowest BCUT2D eigenvalue weighted by atomic mass is 10.1. The summed E-state index contributed by atoms with van der Waals surface area (Å²) >= 11 is 5.75. The maximum atomic E-state index is 12.8. The summed E-state index contributed by atoms with van der Waals surface area (Å²) in [4.78, 5) is 37.1. The van der Waals surface area contributed by atoms with Gasteiger partial charge in [-0.2, -0.15) is 0 Å². The Hall–Kier alpha value is -2.93. The van der Waals surface area contributed by atoms with E-state index in [4.69, 9.17) is 16.3 Å². The Morgan fingerprint density at radius 3 is 2.70 bits per heavy atom. The van der Waals surface area contributed by atoms with E-state index in [1.54, 1.807) is 4.90 Å². The van der Waals surface area contributed by atoms with Crippen molar-refractivity contribution in [2.24, 2.45) is 0 Å². The Balaban J connectivity index is 1.76. The number of halogens is 1. The zero-order valence-corrected chi connectivity index (χ0v) is 15.5. The number of para-hydroxylation sites is 1. The highest BCUT2D eigenvalue weighted by molar-refractivity contribution is 6.32. The van der Waals surface area contributed by atoms with E-state index in [0.717, 1.165) is 23.7 Å². The fraction of sp³-hybridized carbons (Fsp3) is 0.263. The van der Waals surface area contributed by atoms with Crippen LogP contribution in [0.5, 0.6) is 0 Å². The minimum Gasteiger partial charge on any atom is -0.449 e. The molecule has 1 amide bonds. The van der Waals surface area contributed by atoms with Gasteiger partial charge in [0.2, 0.25) is 0 Å². The second kappa shape index (κ2) is 7.36. The summed E-state index contributed by atoms with van der Waals surface area (Å²) in [6, 6.07) is 11.1. The summed E-state index contributed by atoms with van der Waals surface area (Å²) in [7, 11) is 0. The van der Waals surface area contributed by atoms with Crippen LogP contribution in [0.25, 0.3) is 0 Å². The van der Waals surface area contributed by atoms with Gasteiger partial charge in [0, 0.05) is 17.8 Å². The maximum Gasteiger partial charge on any atom is 0.339 e. The van der Waals surface area contributed by atoms with E-state index in [-0.39, 0.29) is 22.5 Å². The van der Waals surface area contributed by atoms with Gasteiger partial charge >= 0.3 is 5.97 Å². The Labute approximate surface area is 160 Å². The molecule has 27 heavy (non-hydrogen) atoms. The molecule has 3 rings (SSSR count). The van der Waals surface area contributed by atoms with Crippen LogP contribution < -0.4 is 4.90 Å². The second-order valence-electron chi connectivity index (χ2n) is 6.36. The highest BCUT2D eigenvalue weighted by Gasteiger charge is 2.34. The molecule has 0 radical (unpaired) electrons. The lowest BCUT2D eigenvalue weighted by molar-refractivity contribution is -0.384. The molecule has 0 N–H and O–H groups in total. The van der Waals surface area contributed by atoms with Crippen LogP contribution in [0.4, 0.5) is 11.4 Å². The number of hydrogen-bond acceptors (Lipinski definition) is 5. The van der Waals surface area contributed by atoms with Crippen LogP contribution in [0.2, 0.25) is 5.02 Å². The highest BCUT2D eigenvalue weighted by Crippen LogP contribution is 2.32. The van der Waals surface area contributed by atoms with Crippen molar-refractivity contribution in [3.05, 3.63) is 68.7 Å². The minimum absolute atomic E-state index is 0.0411. The van der Waals surface area contributed by atoms with Gasteiger partial charge in [0.1, 0.15) is 5.02 Å². The Kier molecular flexibility index (Phi) is 5.14. The zero-order valence-electron chi connectivity index (χ0n) is 14.7. The molecule has 0 aliphatic carbocycles. The van der Waals surface area contributed by atoms with Gasteiger partial charge in [-0.15, -0.1) is 0 Å². The van der Waals surface area contributed by atoms with Crippen molar-refractivity contribution >= 4 is 34.9 Å². The van der Waals surface area contributed by atoms with Crippen molar-refractivity contribution in [1.82, 2.24) is 0 Å². The first-order chi connectivity index (χ1) is 12.8. The van der Waals surface area contributed by atoms with E-state index < -0.39 is 22.7 Å². The summed E-state index contributed by atoms with van der Waals surface area (Å²) in [5.41, 5.74) is 1.43. The number of fused-ring (bicyclic) bond motifs is 1. The van der Waals surface area contributed by atoms with E-state index in [1.807, 2.05) is 31.2 Å². The fourth-order valence-electron chi connectivity index (χ4n) is 3.16. The minimum atomic E-state index is -1.04. The van der Waals surface area contributed by atoms with Gasteiger partial charge in [-0.3, -0.25) is 14.9 Å². The second-order valence-corrected chi connectivity index (χ2v) is 6.77. The van der Waals surface area contributed by atoms with Gasteiger partial charge in [-0.25, -0.2) is 4.79 Å². The number of ether oxygens (including phenoxy) is 1. The van der Waals surface area contributed by atoms with E-state index in [2.05, 4.69) is 0 Å². The molecule has 1 aliphatic rings. The number of amides is 1. The molecular formula is C19H17ClN2O5. The van der Waals surface area contributed by atoms with Crippen LogP contribution >= 0.6 is 11.6 Å². The largest absolute Gasteiger partial charge is 0.449 e. The van der Waals surface area contributed by atoms with E-state index in [1.165, 1.54) is 19.1 Å². The Morgan fingerprint density at radius 2 is 2.00 bits per heavy atom. The summed E-state index contributed by atoms with van der Waals surface area (Å²) in [6.07, 6.45) is -0.313. The Bertz CT molecular complexity index is 930. The molecule has 0 saturated carbocycles. The zero-order chi connectivity index (χ0) is 19.7. The molecule has 8 heteroatoms. The predicted molar refractivity (Wildman–Crippen MR) is 100 cm³/mol. The number of esters is 1. The van der Waals surface area contributed by atoms with Crippen LogP contribution in [0.15, 0.2) is 42.5 Å². The molecule has 2 atom stereocenters. The van der Waals surface area contributed by atoms with Gasteiger partial charge < -0.3 is 9.64 Å². The summed E-state index contributed by atoms with van der Waals surface area (Å²) in [5.74, 6) is -1.17. The van der Waals surface area contributed by atoms with Crippen LogP contribution in [0, 0.1) is 10.1 Å². The van der Waals surface area contributed by atoms with Gasteiger partial charge in [0.15, 0.2) is 6.10 Å². The number of carbonyl (C=O) groups is 2. The first kappa shape index (κ1) is 18.8. The highest BCUT2D eigenvalue weighted by atomic mass is 35.5. The first-order valence-corrected chi connectivity index (χ1v) is 8.73. The lowest BCUT2D eigenvalue weighted by Crippen LogP contribution is -2.43. The molecule has 1 heterocycles. The maximum absolute atomic E-state index is 12.8. The lowest BCUT2D eigenvalue weighted by Gasteiger charge is -2.25. The van der Waals surface area contributed by atoms with Crippen molar-refractivity contribution in [2.75, 3.05) is 4.90 Å². The molecule has 7 nitrogen and oxygen atoms in total. The number of nitro groups is 1. The average molecular weight is 389 g/mol. The number of nitro benzene ring substituents is 1. The van der Waals surface area contributed by atoms with E-state index in [9.17, 15) is 19.7 Å². The molecule has 1 aliphatic heterocycles. The molecule has 0 fully saturated rings. The third-order valence-corrected chi connectivity index (χ3v) is 4.77.